The molecule has 2 heterocycles. The largest absolute Gasteiger partial charge is 0.481 e. The van der Waals surface area contributed by atoms with Gasteiger partial charge < -0.3 is 10.5 Å². The molecule has 0 aliphatic carbocycles. The van der Waals surface area contributed by atoms with E-state index in [1.165, 1.54) is 6.33 Å². The lowest BCUT2D eigenvalue weighted by molar-refractivity contribution is 0.384. The van der Waals surface area contributed by atoms with Crippen LogP contribution in [-0.4, -0.2) is 21.7 Å². The first-order valence-corrected chi connectivity index (χ1v) is 5.06. The SMILES string of the molecule is COc1c(C)c(I)c2c(N)ncnn12. The van der Waals surface area contributed by atoms with Crippen molar-refractivity contribution < 1.29 is 4.74 Å². The maximum atomic E-state index is 5.76. The molecule has 74 valence electrons. The minimum Gasteiger partial charge on any atom is -0.481 e. The Labute approximate surface area is 94.4 Å². The number of aromatic nitrogens is 3. The second-order valence-electron chi connectivity index (χ2n) is 2.85. The van der Waals surface area contributed by atoms with Crippen molar-refractivity contribution in [3.63, 3.8) is 0 Å². The zero-order valence-electron chi connectivity index (χ0n) is 7.78. The molecular weight excluding hydrogens is 295 g/mol. The van der Waals surface area contributed by atoms with Crippen LogP contribution >= 0.6 is 22.6 Å². The van der Waals surface area contributed by atoms with E-state index in [0.29, 0.717) is 11.7 Å². The molecule has 0 radical (unpaired) electrons. The summed E-state index contributed by atoms with van der Waals surface area (Å²) in [4.78, 5) is 3.94. The second-order valence-corrected chi connectivity index (χ2v) is 3.93. The fraction of sp³-hybridized carbons (Fsp3) is 0.250. The molecule has 14 heavy (non-hydrogen) atoms. The average molecular weight is 304 g/mol. The Kier molecular flexibility index (Phi) is 2.22. The number of halogens is 1. The quantitative estimate of drug-likeness (QED) is 0.805. The van der Waals surface area contributed by atoms with Gasteiger partial charge in [-0.1, -0.05) is 0 Å². The number of fused-ring (bicyclic) bond motifs is 1. The van der Waals surface area contributed by atoms with Crippen LogP contribution in [-0.2, 0) is 0 Å². The van der Waals surface area contributed by atoms with E-state index in [0.717, 1.165) is 14.7 Å². The summed E-state index contributed by atoms with van der Waals surface area (Å²) >= 11 is 2.21. The molecule has 0 aliphatic heterocycles. The van der Waals surface area contributed by atoms with Crippen molar-refractivity contribution in [2.75, 3.05) is 12.8 Å². The lowest BCUT2D eigenvalue weighted by Crippen LogP contribution is -2.00. The van der Waals surface area contributed by atoms with E-state index in [2.05, 4.69) is 32.7 Å². The first kappa shape index (κ1) is 9.50. The molecule has 0 amide bonds. The topological polar surface area (TPSA) is 65.4 Å². The van der Waals surface area contributed by atoms with Gasteiger partial charge in [-0.25, -0.2) is 4.98 Å². The molecule has 2 rings (SSSR count). The summed E-state index contributed by atoms with van der Waals surface area (Å²) in [7, 11) is 1.61. The van der Waals surface area contributed by atoms with Gasteiger partial charge in [-0.05, 0) is 29.5 Å². The van der Waals surface area contributed by atoms with Gasteiger partial charge in [0.15, 0.2) is 5.82 Å². The maximum Gasteiger partial charge on any atom is 0.219 e. The molecule has 6 heteroatoms. The Morgan fingerprint density at radius 1 is 1.57 bits per heavy atom. The zero-order chi connectivity index (χ0) is 10.3. The number of nitrogens with zero attached hydrogens (tertiary/aromatic N) is 3. The fourth-order valence-corrected chi connectivity index (χ4v) is 2.13. The Bertz CT molecular complexity index is 494. The van der Waals surface area contributed by atoms with Crippen LogP contribution in [0.1, 0.15) is 5.56 Å². The normalized spacial score (nSPS) is 10.8. The highest BCUT2D eigenvalue weighted by atomic mass is 127. The van der Waals surface area contributed by atoms with Crippen molar-refractivity contribution in [3.8, 4) is 5.88 Å². The molecule has 0 aromatic carbocycles. The van der Waals surface area contributed by atoms with E-state index in [1.807, 2.05) is 6.92 Å². The molecule has 0 bridgehead atoms. The Morgan fingerprint density at radius 2 is 2.29 bits per heavy atom. The molecule has 0 spiro atoms. The van der Waals surface area contributed by atoms with Gasteiger partial charge in [0.1, 0.15) is 11.8 Å². The standard InChI is InChI=1S/C8H9IN4O/c1-4-5(9)6-7(10)11-3-12-13(6)8(4)14-2/h3H,1-2H3,(H2,10,11,12). The van der Waals surface area contributed by atoms with Crippen LogP contribution in [0.5, 0.6) is 5.88 Å². The first-order chi connectivity index (χ1) is 6.66. The summed E-state index contributed by atoms with van der Waals surface area (Å²) in [6.45, 7) is 1.97. The van der Waals surface area contributed by atoms with Gasteiger partial charge in [-0.3, -0.25) is 0 Å². The van der Waals surface area contributed by atoms with Gasteiger partial charge >= 0.3 is 0 Å². The summed E-state index contributed by atoms with van der Waals surface area (Å²) in [5.41, 5.74) is 7.60. The fourth-order valence-electron chi connectivity index (χ4n) is 1.40. The van der Waals surface area contributed by atoms with Gasteiger partial charge in [0, 0.05) is 5.56 Å². The van der Waals surface area contributed by atoms with Crippen LogP contribution < -0.4 is 10.5 Å². The first-order valence-electron chi connectivity index (χ1n) is 3.98. The molecule has 2 N–H and O–H groups in total. The summed E-state index contributed by atoms with van der Waals surface area (Å²) in [6, 6.07) is 0. The summed E-state index contributed by atoms with van der Waals surface area (Å²) < 4.78 is 7.94. The Hall–Kier alpha value is -1.05. The van der Waals surface area contributed by atoms with E-state index in [4.69, 9.17) is 10.5 Å². The maximum absolute atomic E-state index is 5.76. The van der Waals surface area contributed by atoms with Crippen molar-refractivity contribution >= 4 is 33.9 Å². The third kappa shape index (κ3) is 1.13. The molecule has 0 fully saturated rings. The summed E-state index contributed by atoms with van der Waals surface area (Å²) in [5.74, 6) is 1.18. The molecular formula is C8H9IN4O. The Morgan fingerprint density at radius 3 is 2.93 bits per heavy atom. The third-order valence-electron chi connectivity index (χ3n) is 2.06. The highest BCUT2D eigenvalue weighted by Gasteiger charge is 2.16. The molecule has 0 saturated heterocycles. The smallest absolute Gasteiger partial charge is 0.219 e. The average Bonchev–Trinajstić information content (AvgIpc) is 2.41. The highest BCUT2D eigenvalue weighted by molar-refractivity contribution is 14.1. The van der Waals surface area contributed by atoms with Crippen molar-refractivity contribution in [2.24, 2.45) is 0 Å². The number of nitrogen functional groups attached to an aromatic ring is 1. The summed E-state index contributed by atoms with van der Waals surface area (Å²) in [6.07, 6.45) is 1.42. The second kappa shape index (κ2) is 3.26. The molecule has 5 nitrogen and oxygen atoms in total. The number of rotatable bonds is 1. The van der Waals surface area contributed by atoms with Gasteiger partial charge in [0.25, 0.3) is 0 Å². The number of hydrogen-bond acceptors (Lipinski definition) is 4. The number of methoxy groups -OCH3 is 1. The van der Waals surface area contributed by atoms with Crippen molar-refractivity contribution in [2.45, 2.75) is 6.92 Å². The van der Waals surface area contributed by atoms with E-state index in [1.54, 1.807) is 11.6 Å². The van der Waals surface area contributed by atoms with Gasteiger partial charge in [-0.15, -0.1) is 0 Å². The van der Waals surface area contributed by atoms with Crippen LogP contribution in [0, 0.1) is 10.5 Å². The third-order valence-corrected chi connectivity index (χ3v) is 3.38. The Balaban J connectivity index is 2.95. The molecule has 0 unspecified atom stereocenters. The molecule has 0 saturated carbocycles. The minimum atomic E-state index is 0.468. The van der Waals surface area contributed by atoms with Gasteiger partial charge in [0.05, 0.1) is 10.7 Å². The van der Waals surface area contributed by atoms with Crippen LogP contribution in [0.3, 0.4) is 0 Å². The number of hydrogen-bond donors (Lipinski definition) is 1. The van der Waals surface area contributed by atoms with Crippen molar-refractivity contribution in [3.05, 3.63) is 15.5 Å². The monoisotopic (exact) mass is 304 g/mol. The molecule has 0 atom stereocenters. The molecule has 2 aromatic rings. The number of nitrogens with two attached hydrogens (primary N) is 1. The van der Waals surface area contributed by atoms with Crippen molar-refractivity contribution in [1.29, 1.82) is 0 Å². The van der Waals surface area contributed by atoms with Crippen LogP contribution in [0.4, 0.5) is 5.82 Å². The van der Waals surface area contributed by atoms with Crippen LogP contribution in [0.2, 0.25) is 0 Å². The lowest BCUT2D eigenvalue weighted by atomic mass is 10.3. The predicted octanol–water partition coefficient (Wildman–Crippen LogP) is 1.23. The summed E-state index contributed by atoms with van der Waals surface area (Å²) in [5, 5.41) is 4.09. The van der Waals surface area contributed by atoms with Gasteiger partial charge in [0.2, 0.25) is 5.88 Å². The molecule has 0 aliphatic rings. The van der Waals surface area contributed by atoms with E-state index < -0.39 is 0 Å². The minimum absolute atomic E-state index is 0.468. The van der Waals surface area contributed by atoms with Crippen LogP contribution in [0.15, 0.2) is 6.33 Å². The number of anilines is 1. The number of ether oxygens (including phenoxy) is 1. The van der Waals surface area contributed by atoms with E-state index in [-0.39, 0.29) is 0 Å². The highest BCUT2D eigenvalue weighted by Crippen LogP contribution is 2.31. The predicted molar refractivity (Wildman–Crippen MR) is 61.4 cm³/mol. The van der Waals surface area contributed by atoms with Crippen molar-refractivity contribution in [1.82, 2.24) is 14.6 Å². The van der Waals surface area contributed by atoms with E-state index in [9.17, 15) is 0 Å². The zero-order valence-corrected chi connectivity index (χ0v) is 9.94. The van der Waals surface area contributed by atoms with Gasteiger partial charge in [-0.2, -0.15) is 9.61 Å². The van der Waals surface area contributed by atoms with Crippen LogP contribution in [0.25, 0.3) is 5.52 Å². The molecule has 2 aromatic heterocycles. The van der Waals surface area contributed by atoms with E-state index >= 15 is 0 Å². The lowest BCUT2D eigenvalue weighted by Gasteiger charge is -2.00.